The van der Waals surface area contributed by atoms with E-state index < -0.39 is 10.0 Å². The highest BCUT2D eigenvalue weighted by atomic mass is 32.2. The SMILES string of the molecule is Cc1cc(C#N)cc(C)c1Oc1ccc(N)c(NC2CCN(Cc3ccc(S(N)(=O)=O)cc3)CC2)c1. The van der Waals surface area contributed by atoms with E-state index in [2.05, 4.69) is 16.3 Å². The van der Waals surface area contributed by atoms with Crippen LogP contribution in [0.5, 0.6) is 11.5 Å². The number of anilines is 2. The number of aryl methyl sites for hydroxylation is 2. The van der Waals surface area contributed by atoms with Gasteiger partial charge in [-0.05, 0) is 79.8 Å². The fraction of sp³-hybridized carbons (Fsp3) is 0.296. The van der Waals surface area contributed by atoms with Crippen molar-refractivity contribution in [2.45, 2.75) is 44.2 Å². The second kappa shape index (κ2) is 10.6. The standard InChI is InChI=1S/C27H31N5O3S/c1-18-13-21(16-28)14-19(2)27(18)35-23-5-8-25(29)26(15-23)31-22-9-11-32(12-10-22)17-20-3-6-24(7-4-20)36(30,33)34/h3-8,13-15,22,31H,9-12,17,29H2,1-2H3,(H2,30,33,34). The molecule has 0 atom stereocenters. The molecule has 0 aromatic heterocycles. The second-order valence-corrected chi connectivity index (χ2v) is 10.8. The number of primary sulfonamides is 1. The topological polar surface area (TPSA) is 134 Å². The van der Waals surface area contributed by atoms with Crippen LogP contribution >= 0.6 is 0 Å². The molecule has 5 N–H and O–H groups in total. The molecule has 36 heavy (non-hydrogen) atoms. The Balaban J connectivity index is 1.36. The first-order chi connectivity index (χ1) is 17.1. The highest BCUT2D eigenvalue weighted by Gasteiger charge is 2.20. The number of ether oxygens (including phenoxy) is 1. The van der Waals surface area contributed by atoms with Crippen LogP contribution < -0.4 is 20.9 Å². The van der Waals surface area contributed by atoms with Crippen molar-refractivity contribution in [3.8, 4) is 17.6 Å². The molecule has 8 nitrogen and oxygen atoms in total. The van der Waals surface area contributed by atoms with E-state index >= 15 is 0 Å². The molecule has 0 aliphatic carbocycles. The van der Waals surface area contributed by atoms with Crippen LogP contribution in [0.25, 0.3) is 0 Å². The van der Waals surface area contributed by atoms with Crippen molar-refractivity contribution in [3.05, 3.63) is 76.9 Å². The van der Waals surface area contributed by atoms with Crippen molar-refractivity contribution in [2.75, 3.05) is 24.1 Å². The van der Waals surface area contributed by atoms with Gasteiger partial charge in [-0.1, -0.05) is 12.1 Å². The fourth-order valence-corrected chi connectivity index (χ4v) is 5.03. The van der Waals surface area contributed by atoms with Crippen LogP contribution in [-0.2, 0) is 16.6 Å². The molecule has 1 heterocycles. The molecular weight excluding hydrogens is 474 g/mol. The van der Waals surface area contributed by atoms with Gasteiger partial charge >= 0.3 is 0 Å². The summed E-state index contributed by atoms with van der Waals surface area (Å²) in [5.74, 6) is 1.43. The quantitative estimate of drug-likeness (QED) is 0.408. The van der Waals surface area contributed by atoms with Gasteiger partial charge in [-0.3, -0.25) is 4.90 Å². The van der Waals surface area contributed by atoms with E-state index in [1.165, 1.54) is 0 Å². The summed E-state index contributed by atoms with van der Waals surface area (Å²) in [6, 6.07) is 18.4. The third kappa shape index (κ3) is 6.15. The number of sulfonamides is 1. The van der Waals surface area contributed by atoms with Crippen LogP contribution in [0.1, 0.15) is 35.1 Å². The average molecular weight is 506 g/mol. The number of nitrogens with one attached hydrogen (secondary N) is 1. The first-order valence-electron chi connectivity index (χ1n) is 11.8. The van der Waals surface area contributed by atoms with Gasteiger partial charge in [0, 0.05) is 31.7 Å². The van der Waals surface area contributed by atoms with E-state index in [4.69, 9.17) is 15.6 Å². The monoisotopic (exact) mass is 505 g/mol. The Labute approximate surface area is 212 Å². The number of rotatable bonds is 7. The number of nitrogen functional groups attached to an aromatic ring is 1. The number of piperidine rings is 1. The van der Waals surface area contributed by atoms with Gasteiger partial charge in [-0.15, -0.1) is 0 Å². The molecule has 3 aromatic carbocycles. The first kappa shape index (κ1) is 25.5. The lowest BCUT2D eigenvalue weighted by atomic mass is 10.0. The van der Waals surface area contributed by atoms with Crippen LogP contribution in [0.15, 0.2) is 59.5 Å². The molecule has 0 amide bonds. The van der Waals surface area contributed by atoms with Gasteiger partial charge in [0.1, 0.15) is 11.5 Å². The van der Waals surface area contributed by atoms with Crippen molar-refractivity contribution in [1.82, 2.24) is 4.90 Å². The Morgan fingerprint density at radius 1 is 1.06 bits per heavy atom. The maximum absolute atomic E-state index is 11.4. The molecule has 0 bridgehead atoms. The summed E-state index contributed by atoms with van der Waals surface area (Å²) in [7, 11) is -3.67. The molecular formula is C27H31N5O3S. The summed E-state index contributed by atoms with van der Waals surface area (Å²) in [6.45, 7) is 6.44. The van der Waals surface area contributed by atoms with Crippen molar-refractivity contribution in [1.29, 1.82) is 5.26 Å². The number of benzene rings is 3. The van der Waals surface area contributed by atoms with Gasteiger partial charge in [0.15, 0.2) is 0 Å². The minimum atomic E-state index is -3.67. The zero-order chi connectivity index (χ0) is 25.9. The zero-order valence-electron chi connectivity index (χ0n) is 20.5. The summed E-state index contributed by atoms with van der Waals surface area (Å²) < 4.78 is 29.1. The Kier molecular flexibility index (Phi) is 7.50. The number of hydrogen-bond acceptors (Lipinski definition) is 7. The van der Waals surface area contributed by atoms with Gasteiger partial charge in [0.2, 0.25) is 10.0 Å². The highest BCUT2D eigenvalue weighted by Crippen LogP contribution is 2.33. The smallest absolute Gasteiger partial charge is 0.238 e. The van der Waals surface area contributed by atoms with Crippen molar-refractivity contribution >= 4 is 21.4 Å². The second-order valence-electron chi connectivity index (χ2n) is 9.29. The van der Waals surface area contributed by atoms with E-state index in [9.17, 15) is 13.7 Å². The molecule has 3 aromatic rings. The zero-order valence-corrected chi connectivity index (χ0v) is 21.3. The number of nitrogens with zero attached hydrogens (tertiary/aromatic N) is 2. The average Bonchev–Trinajstić information content (AvgIpc) is 2.84. The molecule has 9 heteroatoms. The van der Waals surface area contributed by atoms with E-state index in [1.54, 1.807) is 12.1 Å². The minimum absolute atomic E-state index is 0.127. The van der Waals surface area contributed by atoms with Gasteiger partial charge in [0.25, 0.3) is 0 Å². The largest absolute Gasteiger partial charge is 0.457 e. The maximum atomic E-state index is 11.4. The van der Waals surface area contributed by atoms with Crippen LogP contribution in [0.3, 0.4) is 0 Å². The lowest BCUT2D eigenvalue weighted by molar-refractivity contribution is 0.211. The highest BCUT2D eigenvalue weighted by molar-refractivity contribution is 7.89. The van der Waals surface area contributed by atoms with Gasteiger partial charge in [-0.2, -0.15) is 5.26 Å². The Hall–Kier alpha value is -3.58. The molecule has 188 valence electrons. The lowest BCUT2D eigenvalue weighted by Gasteiger charge is -2.33. The maximum Gasteiger partial charge on any atom is 0.238 e. The van der Waals surface area contributed by atoms with Gasteiger partial charge in [0.05, 0.1) is 27.9 Å². The van der Waals surface area contributed by atoms with Crippen molar-refractivity contribution in [3.63, 3.8) is 0 Å². The number of hydrogen-bond donors (Lipinski definition) is 3. The summed E-state index contributed by atoms with van der Waals surface area (Å²) in [5.41, 5.74) is 11.2. The predicted octanol–water partition coefficient (Wildman–Crippen LogP) is 4.27. The normalized spacial score (nSPS) is 14.8. The first-order valence-corrected chi connectivity index (χ1v) is 13.4. The van der Waals surface area contributed by atoms with Crippen LogP contribution in [0.2, 0.25) is 0 Å². The van der Waals surface area contributed by atoms with E-state index in [0.717, 1.165) is 60.6 Å². The molecule has 0 unspecified atom stereocenters. The predicted molar refractivity (Wildman–Crippen MR) is 141 cm³/mol. The van der Waals surface area contributed by atoms with E-state index in [0.29, 0.717) is 17.0 Å². The van der Waals surface area contributed by atoms with Crippen molar-refractivity contribution in [2.24, 2.45) is 5.14 Å². The number of nitriles is 1. The molecule has 1 aliphatic rings. The van der Waals surface area contributed by atoms with E-state index in [1.807, 2.05) is 56.3 Å². The molecule has 1 aliphatic heterocycles. The fourth-order valence-electron chi connectivity index (χ4n) is 4.52. The lowest BCUT2D eigenvalue weighted by Crippen LogP contribution is -2.38. The molecule has 0 radical (unpaired) electrons. The number of likely N-dealkylation sites (tertiary alicyclic amines) is 1. The third-order valence-corrected chi connectivity index (χ3v) is 7.37. The molecule has 4 rings (SSSR count). The Morgan fingerprint density at radius 3 is 2.28 bits per heavy atom. The third-order valence-electron chi connectivity index (χ3n) is 6.44. The van der Waals surface area contributed by atoms with E-state index in [-0.39, 0.29) is 10.9 Å². The Morgan fingerprint density at radius 2 is 1.69 bits per heavy atom. The molecule has 0 spiro atoms. The molecule has 1 fully saturated rings. The molecule has 0 saturated carbocycles. The minimum Gasteiger partial charge on any atom is -0.457 e. The van der Waals surface area contributed by atoms with Crippen LogP contribution in [0, 0.1) is 25.2 Å². The van der Waals surface area contributed by atoms with Crippen LogP contribution in [0.4, 0.5) is 11.4 Å². The summed E-state index contributed by atoms with van der Waals surface area (Å²) in [6.07, 6.45) is 1.90. The van der Waals surface area contributed by atoms with Gasteiger partial charge < -0.3 is 15.8 Å². The summed E-state index contributed by atoms with van der Waals surface area (Å²) in [5, 5.41) is 17.9. The number of nitrogens with two attached hydrogens (primary N) is 2. The molecule has 1 saturated heterocycles. The summed E-state index contributed by atoms with van der Waals surface area (Å²) in [4.78, 5) is 2.48. The van der Waals surface area contributed by atoms with Crippen molar-refractivity contribution < 1.29 is 13.2 Å². The summed E-state index contributed by atoms with van der Waals surface area (Å²) >= 11 is 0. The Bertz CT molecular complexity index is 1370. The van der Waals surface area contributed by atoms with Gasteiger partial charge in [-0.25, -0.2) is 13.6 Å². The van der Waals surface area contributed by atoms with Crippen LogP contribution in [-0.4, -0.2) is 32.4 Å².